The number of aryl methyl sites for hydroxylation is 2. The van der Waals surface area contributed by atoms with Gasteiger partial charge in [0.15, 0.2) is 0 Å². The Morgan fingerprint density at radius 1 is 1.36 bits per heavy atom. The van der Waals surface area contributed by atoms with Crippen molar-refractivity contribution in [3.05, 3.63) is 27.1 Å². The highest BCUT2D eigenvalue weighted by molar-refractivity contribution is 7.20. The van der Waals surface area contributed by atoms with Crippen LogP contribution in [0.25, 0.3) is 10.2 Å². The molecule has 0 spiro atoms. The van der Waals surface area contributed by atoms with Gasteiger partial charge in [0.2, 0.25) is 0 Å². The molecule has 0 bridgehead atoms. The summed E-state index contributed by atoms with van der Waals surface area (Å²) in [6.07, 6.45) is 5.73. The molecule has 5 nitrogen and oxygen atoms in total. The molecule has 1 saturated heterocycles. The number of fused-ring (bicyclic) bond motifs is 1. The van der Waals surface area contributed by atoms with Crippen molar-refractivity contribution in [2.75, 3.05) is 13.1 Å². The maximum absolute atomic E-state index is 12.6. The Kier molecular flexibility index (Phi) is 4.29. The molecule has 0 aliphatic carbocycles. The second-order valence-corrected chi connectivity index (χ2v) is 6.83. The lowest BCUT2D eigenvalue weighted by Gasteiger charge is -2.14. The molecule has 1 amide bonds. The van der Waals surface area contributed by atoms with Crippen LogP contribution in [-0.2, 0) is 6.54 Å². The van der Waals surface area contributed by atoms with Gasteiger partial charge in [-0.25, -0.2) is 4.98 Å². The summed E-state index contributed by atoms with van der Waals surface area (Å²) in [5.41, 5.74) is 0.771. The third-order valence-electron chi connectivity index (χ3n) is 4.26. The van der Waals surface area contributed by atoms with E-state index in [-0.39, 0.29) is 11.5 Å². The molecule has 0 N–H and O–H groups in total. The van der Waals surface area contributed by atoms with Crippen molar-refractivity contribution in [2.24, 2.45) is 0 Å². The van der Waals surface area contributed by atoms with Crippen molar-refractivity contribution in [1.82, 2.24) is 14.5 Å². The lowest BCUT2D eigenvalue weighted by Crippen LogP contribution is -2.27. The second kappa shape index (κ2) is 6.20. The molecule has 0 unspecified atom stereocenters. The van der Waals surface area contributed by atoms with E-state index in [9.17, 15) is 9.59 Å². The molecule has 0 saturated carbocycles. The third kappa shape index (κ3) is 2.56. The van der Waals surface area contributed by atoms with Crippen molar-refractivity contribution in [3.8, 4) is 0 Å². The van der Waals surface area contributed by atoms with E-state index in [0.717, 1.165) is 44.3 Å². The number of likely N-dealkylation sites (tertiary alicyclic amines) is 1. The molecular weight excluding hydrogens is 298 g/mol. The van der Waals surface area contributed by atoms with Crippen LogP contribution in [-0.4, -0.2) is 33.4 Å². The molecule has 22 heavy (non-hydrogen) atoms. The monoisotopic (exact) mass is 319 g/mol. The van der Waals surface area contributed by atoms with Crippen LogP contribution in [0, 0.1) is 6.92 Å². The maximum Gasteiger partial charge on any atom is 0.264 e. The zero-order valence-electron chi connectivity index (χ0n) is 13.1. The zero-order chi connectivity index (χ0) is 15.7. The first-order chi connectivity index (χ1) is 10.6. The highest BCUT2D eigenvalue weighted by Crippen LogP contribution is 2.28. The van der Waals surface area contributed by atoms with Gasteiger partial charge in [0.25, 0.3) is 11.5 Å². The molecule has 2 aromatic heterocycles. The van der Waals surface area contributed by atoms with Gasteiger partial charge in [-0.2, -0.15) is 0 Å². The Balaban J connectivity index is 2.03. The van der Waals surface area contributed by atoms with Gasteiger partial charge >= 0.3 is 0 Å². The summed E-state index contributed by atoms with van der Waals surface area (Å²) in [4.78, 5) is 32.9. The first-order valence-electron chi connectivity index (χ1n) is 7.91. The quantitative estimate of drug-likeness (QED) is 0.871. The second-order valence-electron chi connectivity index (χ2n) is 5.83. The zero-order valence-corrected chi connectivity index (χ0v) is 13.9. The normalized spacial score (nSPS) is 14.9. The maximum atomic E-state index is 12.6. The van der Waals surface area contributed by atoms with Gasteiger partial charge in [0, 0.05) is 19.6 Å². The number of aromatic nitrogens is 2. The van der Waals surface area contributed by atoms with E-state index in [4.69, 9.17) is 0 Å². The van der Waals surface area contributed by atoms with E-state index in [0.29, 0.717) is 21.6 Å². The number of carbonyl (C=O) groups excluding carboxylic acids is 1. The van der Waals surface area contributed by atoms with Gasteiger partial charge in [-0.1, -0.05) is 13.3 Å². The molecule has 6 heteroatoms. The minimum absolute atomic E-state index is 0.0207. The van der Waals surface area contributed by atoms with E-state index >= 15 is 0 Å². The smallest absolute Gasteiger partial charge is 0.264 e. The van der Waals surface area contributed by atoms with Crippen molar-refractivity contribution in [1.29, 1.82) is 0 Å². The van der Waals surface area contributed by atoms with Gasteiger partial charge in [-0.15, -0.1) is 11.3 Å². The van der Waals surface area contributed by atoms with E-state index in [1.165, 1.54) is 11.3 Å². The number of rotatable bonds is 4. The number of nitrogens with zero attached hydrogens (tertiary/aromatic N) is 3. The predicted molar refractivity (Wildman–Crippen MR) is 88.7 cm³/mol. The summed E-state index contributed by atoms with van der Waals surface area (Å²) in [5.74, 6) is 0.0532. The van der Waals surface area contributed by atoms with E-state index in [1.807, 2.05) is 11.8 Å². The highest BCUT2D eigenvalue weighted by Gasteiger charge is 2.25. The summed E-state index contributed by atoms with van der Waals surface area (Å²) in [6.45, 7) is 6.29. The van der Waals surface area contributed by atoms with Crippen molar-refractivity contribution in [3.63, 3.8) is 0 Å². The average Bonchev–Trinajstić information content (AvgIpc) is 3.14. The number of hydrogen-bond acceptors (Lipinski definition) is 4. The summed E-state index contributed by atoms with van der Waals surface area (Å²) >= 11 is 1.35. The van der Waals surface area contributed by atoms with Gasteiger partial charge in [-0.3, -0.25) is 14.2 Å². The molecule has 0 aromatic carbocycles. The third-order valence-corrected chi connectivity index (χ3v) is 5.45. The molecule has 1 fully saturated rings. The number of amides is 1. The molecule has 0 radical (unpaired) electrons. The van der Waals surface area contributed by atoms with Gasteiger partial charge in [0.05, 0.1) is 16.6 Å². The van der Waals surface area contributed by atoms with Crippen LogP contribution in [0.3, 0.4) is 0 Å². The molecule has 2 aromatic rings. The molecule has 1 aliphatic heterocycles. The predicted octanol–water partition coefficient (Wildman–Crippen LogP) is 2.80. The van der Waals surface area contributed by atoms with Crippen LogP contribution >= 0.6 is 11.3 Å². The summed E-state index contributed by atoms with van der Waals surface area (Å²) < 4.78 is 1.66. The minimum atomic E-state index is -0.0207. The number of carbonyl (C=O) groups is 1. The molecule has 0 atom stereocenters. The Bertz CT molecular complexity index is 757. The molecule has 1 aliphatic rings. The SMILES string of the molecule is CCCCn1cnc2sc(C(=O)N3CCCC3)c(C)c2c1=O. The van der Waals surface area contributed by atoms with E-state index in [2.05, 4.69) is 11.9 Å². The average molecular weight is 319 g/mol. The minimum Gasteiger partial charge on any atom is -0.338 e. The molecular formula is C16H21N3O2S. The molecule has 3 rings (SSSR count). The van der Waals surface area contributed by atoms with Crippen LogP contribution in [0.15, 0.2) is 11.1 Å². The van der Waals surface area contributed by atoms with Crippen molar-refractivity contribution in [2.45, 2.75) is 46.1 Å². The largest absolute Gasteiger partial charge is 0.338 e. The van der Waals surface area contributed by atoms with E-state index in [1.54, 1.807) is 10.9 Å². The Morgan fingerprint density at radius 3 is 2.77 bits per heavy atom. The lowest BCUT2D eigenvalue weighted by atomic mass is 10.2. The summed E-state index contributed by atoms with van der Waals surface area (Å²) in [7, 11) is 0. The van der Waals surface area contributed by atoms with Gasteiger partial charge in [-0.05, 0) is 31.7 Å². The fraction of sp³-hybridized carbons (Fsp3) is 0.562. The van der Waals surface area contributed by atoms with Crippen LogP contribution in [0.5, 0.6) is 0 Å². The van der Waals surface area contributed by atoms with Crippen LogP contribution in [0.2, 0.25) is 0 Å². The Hall–Kier alpha value is -1.69. The first kappa shape index (κ1) is 15.2. The van der Waals surface area contributed by atoms with Crippen LogP contribution < -0.4 is 5.56 Å². The summed E-state index contributed by atoms with van der Waals surface area (Å²) in [5, 5.41) is 0.617. The van der Waals surface area contributed by atoms with Crippen LogP contribution in [0.4, 0.5) is 0 Å². The highest BCUT2D eigenvalue weighted by atomic mass is 32.1. The number of hydrogen-bond donors (Lipinski definition) is 0. The standard InChI is InChI=1S/C16H21N3O2S/c1-3-4-7-19-10-17-14-12(15(19)20)11(2)13(22-14)16(21)18-8-5-6-9-18/h10H,3-9H2,1-2H3. The van der Waals surface area contributed by atoms with Crippen molar-refractivity contribution < 1.29 is 4.79 Å². The Labute approximate surface area is 133 Å². The number of thiophene rings is 1. The van der Waals surface area contributed by atoms with Crippen molar-refractivity contribution >= 4 is 27.5 Å². The van der Waals surface area contributed by atoms with E-state index < -0.39 is 0 Å². The molecule has 3 heterocycles. The fourth-order valence-electron chi connectivity index (χ4n) is 2.91. The van der Waals surface area contributed by atoms with Crippen LogP contribution in [0.1, 0.15) is 47.8 Å². The molecule has 118 valence electrons. The topological polar surface area (TPSA) is 55.2 Å². The first-order valence-corrected chi connectivity index (χ1v) is 8.73. The number of unbranched alkanes of at least 4 members (excludes halogenated alkanes) is 1. The van der Waals surface area contributed by atoms with Gasteiger partial charge in [0.1, 0.15) is 4.83 Å². The summed E-state index contributed by atoms with van der Waals surface area (Å²) in [6, 6.07) is 0. The lowest BCUT2D eigenvalue weighted by molar-refractivity contribution is 0.0797. The van der Waals surface area contributed by atoms with Gasteiger partial charge < -0.3 is 4.90 Å². The fourth-order valence-corrected chi connectivity index (χ4v) is 4.02. The Morgan fingerprint density at radius 2 is 2.09 bits per heavy atom.